The van der Waals surface area contributed by atoms with E-state index < -0.39 is 0 Å². The van der Waals surface area contributed by atoms with Gasteiger partial charge >= 0.3 is 0 Å². The van der Waals surface area contributed by atoms with E-state index in [-0.39, 0.29) is 5.82 Å². The minimum Gasteiger partial charge on any atom is -0.253 e. The molecule has 1 heterocycles. The highest BCUT2D eigenvalue weighted by molar-refractivity contribution is 7.07. The van der Waals surface area contributed by atoms with E-state index in [4.69, 9.17) is 5.10 Å². The molecule has 1 aromatic heterocycles. The summed E-state index contributed by atoms with van der Waals surface area (Å²) in [5.74, 6) is 0.544. The molecule has 0 amide bonds. The van der Waals surface area contributed by atoms with Crippen LogP contribution >= 0.6 is 11.3 Å². The van der Waals surface area contributed by atoms with E-state index in [0.29, 0.717) is 6.54 Å². The molecule has 1 saturated carbocycles. The van der Waals surface area contributed by atoms with Crippen LogP contribution in [0.2, 0.25) is 0 Å². The van der Waals surface area contributed by atoms with Crippen LogP contribution in [0.15, 0.2) is 52.4 Å². The van der Waals surface area contributed by atoms with Crippen molar-refractivity contribution < 1.29 is 4.39 Å². The number of rotatable bonds is 4. The Kier molecular flexibility index (Phi) is 5.41. The highest BCUT2D eigenvalue weighted by Gasteiger charge is 2.15. The van der Waals surface area contributed by atoms with Crippen molar-refractivity contribution >= 4 is 17.0 Å². The van der Waals surface area contributed by atoms with Crippen molar-refractivity contribution in [2.24, 2.45) is 16.0 Å². The number of benzene rings is 1. The fraction of sp³-hybridized carbons (Fsp3) is 0.368. The van der Waals surface area contributed by atoms with Gasteiger partial charge < -0.3 is 0 Å². The third-order valence-electron chi connectivity index (χ3n) is 4.27. The molecule has 0 aliphatic heterocycles. The molecule has 1 aliphatic carbocycles. The Bertz CT molecular complexity index is 789. The van der Waals surface area contributed by atoms with E-state index in [2.05, 4.69) is 18.5 Å². The third-order valence-corrected chi connectivity index (χ3v) is 5.13. The predicted molar refractivity (Wildman–Crippen MR) is 98.8 cm³/mol. The van der Waals surface area contributed by atoms with Gasteiger partial charge in [0, 0.05) is 16.7 Å². The average Bonchev–Trinajstić information content (AvgIpc) is 2.98. The molecule has 1 fully saturated rings. The first-order valence-corrected chi connectivity index (χ1v) is 9.20. The molecule has 0 bridgehead atoms. The largest absolute Gasteiger partial charge is 0.253 e. The van der Waals surface area contributed by atoms with Gasteiger partial charge in [-0.25, -0.2) is 9.07 Å². The first kappa shape index (κ1) is 16.8. The highest BCUT2D eigenvalue weighted by Crippen LogP contribution is 2.24. The summed E-state index contributed by atoms with van der Waals surface area (Å²) < 4.78 is 15.1. The van der Waals surface area contributed by atoms with Gasteiger partial charge in [0.05, 0.1) is 12.2 Å². The van der Waals surface area contributed by atoms with Crippen LogP contribution in [0.5, 0.6) is 0 Å². The van der Waals surface area contributed by atoms with Crippen LogP contribution in [0.1, 0.15) is 32.6 Å². The molecule has 126 valence electrons. The zero-order chi connectivity index (χ0) is 16.9. The SMILES string of the molecule is C=CCN=c1scc(-c2ccc(F)cc2)n1N=C1CCC(C)CC1. The Morgan fingerprint density at radius 1 is 1.29 bits per heavy atom. The second-order valence-corrected chi connectivity index (χ2v) is 7.04. The van der Waals surface area contributed by atoms with Gasteiger partial charge in [-0.3, -0.25) is 4.99 Å². The molecule has 3 rings (SSSR count). The summed E-state index contributed by atoms with van der Waals surface area (Å²) in [5, 5.41) is 6.92. The van der Waals surface area contributed by atoms with Gasteiger partial charge in [-0.05, 0) is 55.9 Å². The standard InChI is InChI=1S/C19H22FN3S/c1-3-12-21-19-23(22-17-10-4-14(2)5-11-17)18(13-24-19)15-6-8-16(20)9-7-15/h3,6-9,13-14H,1,4-5,10-12H2,2H3. The summed E-state index contributed by atoms with van der Waals surface area (Å²) in [5.41, 5.74) is 3.12. The van der Waals surface area contributed by atoms with Crippen molar-refractivity contribution in [1.29, 1.82) is 0 Å². The smallest absolute Gasteiger partial charge is 0.206 e. The summed E-state index contributed by atoms with van der Waals surface area (Å²) in [6.07, 6.45) is 6.22. The Hall–Kier alpha value is -2.01. The summed E-state index contributed by atoms with van der Waals surface area (Å²) in [4.78, 5) is 5.40. The monoisotopic (exact) mass is 343 g/mol. The van der Waals surface area contributed by atoms with Gasteiger partial charge in [-0.2, -0.15) is 5.10 Å². The predicted octanol–water partition coefficient (Wildman–Crippen LogP) is 4.86. The fourth-order valence-electron chi connectivity index (χ4n) is 2.80. The van der Waals surface area contributed by atoms with E-state index in [1.807, 2.05) is 10.1 Å². The Balaban J connectivity index is 2.03. The number of nitrogens with zero attached hydrogens (tertiary/aromatic N) is 3. The first-order valence-electron chi connectivity index (χ1n) is 8.32. The molecule has 0 unspecified atom stereocenters. The Labute approximate surface area is 145 Å². The third kappa shape index (κ3) is 3.90. The second kappa shape index (κ2) is 7.71. The maximum absolute atomic E-state index is 13.2. The lowest BCUT2D eigenvalue weighted by molar-refractivity contribution is 0.481. The molecule has 2 aromatic rings. The molecular weight excluding hydrogens is 321 g/mol. The topological polar surface area (TPSA) is 29.6 Å². The summed E-state index contributed by atoms with van der Waals surface area (Å²) >= 11 is 1.55. The van der Waals surface area contributed by atoms with Crippen LogP contribution in [0, 0.1) is 11.7 Å². The van der Waals surface area contributed by atoms with E-state index >= 15 is 0 Å². The Morgan fingerprint density at radius 2 is 2.00 bits per heavy atom. The molecule has 1 aromatic carbocycles. The maximum Gasteiger partial charge on any atom is 0.206 e. The Morgan fingerprint density at radius 3 is 2.67 bits per heavy atom. The molecule has 0 spiro atoms. The highest BCUT2D eigenvalue weighted by atomic mass is 32.1. The fourth-order valence-corrected chi connectivity index (χ4v) is 3.64. The summed E-state index contributed by atoms with van der Waals surface area (Å²) in [7, 11) is 0. The molecule has 0 radical (unpaired) electrons. The van der Waals surface area contributed by atoms with Crippen LogP contribution in [-0.2, 0) is 0 Å². The van der Waals surface area contributed by atoms with Crippen LogP contribution in [0.25, 0.3) is 11.3 Å². The van der Waals surface area contributed by atoms with E-state index in [9.17, 15) is 4.39 Å². The van der Waals surface area contributed by atoms with Crippen LogP contribution in [0.4, 0.5) is 4.39 Å². The second-order valence-electron chi connectivity index (χ2n) is 6.20. The maximum atomic E-state index is 13.2. The molecule has 5 heteroatoms. The molecule has 0 atom stereocenters. The van der Waals surface area contributed by atoms with Gasteiger partial charge in [0.2, 0.25) is 4.80 Å². The summed E-state index contributed by atoms with van der Waals surface area (Å²) in [6, 6.07) is 6.53. The minimum atomic E-state index is -0.232. The first-order chi connectivity index (χ1) is 11.7. The van der Waals surface area contributed by atoms with Crippen molar-refractivity contribution in [2.75, 3.05) is 6.54 Å². The van der Waals surface area contributed by atoms with Crippen molar-refractivity contribution in [3.8, 4) is 11.3 Å². The molecule has 0 saturated heterocycles. The zero-order valence-corrected chi connectivity index (χ0v) is 14.7. The molecular formula is C19H22FN3S. The van der Waals surface area contributed by atoms with E-state index in [0.717, 1.165) is 34.8 Å². The van der Waals surface area contributed by atoms with Gasteiger partial charge in [0.25, 0.3) is 0 Å². The average molecular weight is 343 g/mol. The van der Waals surface area contributed by atoms with E-state index in [1.165, 1.54) is 30.7 Å². The molecule has 0 N–H and O–H groups in total. The minimum absolute atomic E-state index is 0.232. The zero-order valence-electron chi connectivity index (χ0n) is 13.9. The molecule has 24 heavy (non-hydrogen) atoms. The van der Waals surface area contributed by atoms with E-state index in [1.54, 1.807) is 29.5 Å². The lowest BCUT2D eigenvalue weighted by atomic mass is 9.90. The molecule has 1 aliphatic rings. The van der Waals surface area contributed by atoms with Gasteiger partial charge in [0.15, 0.2) is 0 Å². The van der Waals surface area contributed by atoms with Crippen molar-refractivity contribution in [1.82, 2.24) is 4.68 Å². The molecule has 3 nitrogen and oxygen atoms in total. The van der Waals surface area contributed by atoms with Gasteiger partial charge in [-0.1, -0.05) is 13.0 Å². The number of halogens is 1. The number of thiazole rings is 1. The van der Waals surface area contributed by atoms with Gasteiger partial charge in [0.1, 0.15) is 5.82 Å². The normalized spacial score (nSPS) is 18.7. The van der Waals surface area contributed by atoms with Crippen LogP contribution < -0.4 is 4.80 Å². The van der Waals surface area contributed by atoms with Crippen molar-refractivity contribution in [2.45, 2.75) is 32.6 Å². The van der Waals surface area contributed by atoms with Crippen molar-refractivity contribution in [3.63, 3.8) is 0 Å². The number of hydrogen-bond donors (Lipinski definition) is 0. The summed E-state index contributed by atoms with van der Waals surface area (Å²) in [6.45, 7) is 6.58. The number of aromatic nitrogens is 1. The van der Waals surface area contributed by atoms with Crippen LogP contribution in [-0.4, -0.2) is 16.9 Å². The van der Waals surface area contributed by atoms with Crippen molar-refractivity contribution in [3.05, 3.63) is 52.9 Å². The lowest BCUT2D eigenvalue weighted by Gasteiger charge is -2.19. The quantitative estimate of drug-likeness (QED) is 0.710. The van der Waals surface area contributed by atoms with Gasteiger partial charge in [-0.15, -0.1) is 17.9 Å². The van der Waals surface area contributed by atoms with Crippen LogP contribution in [0.3, 0.4) is 0 Å². The lowest BCUT2D eigenvalue weighted by Crippen LogP contribution is -2.18. The number of hydrogen-bond acceptors (Lipinski definition) is 3.